The first-order valence-corrected chi connectivity index (χ1v) is 7.68. The lowest BCUT2D eigenvalue weighted by Gasteiger charge is -2.14. The van der Waals surface area contributed by atoms with Gasteiger partial charge >= 0.3 is 0 Å². The maximum Gasteiger partial charge on any atom is 0.272 e. The minimum Gasteiger partial charge on any atom is -0.345 e. The van der Waals surface area contributed by atoms with Crippen molar-refractivity contribution >= 4 is 11.8 Å². The van der Waals surface area contributed by atoms with Gasteiger partial charge in [-0.3, -0.25) is 14.6 Å². The van der Waals surface area contributed by atoms with Crippen molar-refractivity contribution < 1.29 is 9.59 Å². The van der Waals surface area contributed by atoms with Crippen LogP contribution in [0.4, 0.5) is 0 Å². The van der Waals surface area contributed by atoms with Crippen LogP contribution in [0.1, 0.15) is 39.5 Å². The Hall–Kier alpha value is -2.76. The molecule has 6 heteroatoms. The highest BCUT2D eigenvalue weighted by atomic mass is 16.2. The van der Waals surface area contributed by atoms with Gasteiger partial charge in [0.25, 0.3) is 11.8 Å². The van der Waals surface area contributed by atoms with E-state index in [0.717, 1.165) is 31.6 Å². The molecular formula is C17H18N4O2. The van der Waals surface area contributed by atoms with Crippen molar-refractivity contribution in [2.24, 2.45) is 0 Å². The van der Waals surface area contributed by atoms with Crippen molar-refractivity contribution in [1.29, 1.82) is 0 Å². The predicted octanol–water partition coefficient (Wildman–Crippen LogP) is 1.64. The van der Waals surface area contributed by atoms with Gasteiger partial charge in [-0.05, 0) is 37.1 Å². The second kappa shape index (κ2) is 7.00. The van der Waals surface area contributed by atoms with Crippen molar-refractivity contribution in [3.63, 3.8) is 0 Å². The molecule has 3 rings (SSSR count). The third-order valence-electron chi connectivity index (χ3n) is 3.75. The van der Waals surface area contributed by atoms with Crippen LogP contribution in [0.2, 0.25) is 0 Å². The van der Waals surface area contributed by atoms with E-state index in [2.05, 4.69) is 15.3 Å². The van der Waals surface area contributed by atoms with Crippen LogP contribution in [-0.2, 0) is 6.54 Å². The Morgan fingerprint density at radius 3 is 2.57 bits per heavy atom. The molecule has 0 radical (unpaired) electrons. The molecule has 2 amide bonds. The monoisotopic (exact) mass is 310 g/mol. The van der Waals surface area contributed by atoms with E-state index in [9.17, 15) is 9.59 Å². The normalized spacial score (nSPS) is 13.8. The first-order chi connectivity index (χ1) is 11.2. The topological polar surface area (TPSA) is 75.2 Å². The molecule has 0 unspecified atom stereocenters. The molecule has 1 aliphatic rings. The number of hydrogen-bond donors (Lipinski definition) is 1. The Morgan fingerprint density at radius 2 is 1.83 bits per heavy atom. The number of amides is 2. The molecule has 1 fully saturated rings. The first kappa shape index (κ1) is 15.1. The van der Waals surface area contributed by atoms with Gasteiger partial charge < -0.3 is 10.2 Å². The van der Waals surface area contributed by atoms with Crippen LogP contribution in [0.5, 0.6) is 0 Å². The second-order valence-electron chi connectivity index (χ2n) is 5.41. The molecule has 1 aliphatic heterocycles. The Kier molecular flexibility index (Phi) is 4.61. The number of nitrogens with one attached hydrogen (secondary N) is 1. The van der Waals surface area contributed by atoms with Gasteiger partial charge in [0.15, 0.2) is 0 Å². The Morgan fingerprint density at radius 1 is 1.04 bits per heavy atom. The number of carbonyl (C=O) groups excluding carboxylic acids is 2. The number of carbonyl (C=O) groups is 2. The molecule has 2 aromatic rings. The van der Waals surface area contributed by atoms with Gasteiger partial charge in [0.2, 0.25) is 0 Å². The Bertz CT molecular complexity index is 697. The fourth-order valence-corrected chi connectivity index (χ4v) is 2.53. The van der Waals surface area contributed by atoms with Crippen LogP contribution in [0.15, 0.2) is 42.6 Å². The van der Waals surface area contributed by atoms with Crippen LogP contribution < -0.4 is 5.32 Å². The smallest absolute Gasteiger partial charge is 0.272 e. The lowest BCUT2D eigenvalue weighted by Crippen LogP contribution is -2.30. The molecule has 0 spiro atoms. The summed E-state index contributed by atoms with van der Waals surface area (Å²) >= 11 is 0. The van der Waals surface area contributed by atoms with Gasteiger partial charge in [-0.1, -0.05) is 12.1 Å². The summed E-state index contributed by atoms with van der Waals surface area (Å²) in [6.45, 7) is 1.85. The van der Waals surface area contributed by atoms with E-state index < -0.39 is 0 Å². The summed E-state index contributed by atoms with van der Waals surface area (Å²) in [6.07, 6.45) is 3.72. The van der Waals surface area contributed by atoms with E-state index >= 15 is 0 Å². The zero-order chi connectivity index (χ0) is 16.1. The van der Waals surface area contributed by atoms with E-state index in [1.54, 1.807) is 29.3 Å². The molecule has 0 atom stereocenters. The van der Waals surface area contributed by atoms with E-state index in [-0.39, 0.29) is 17.5 Å². The molecule has 1 N–H and O–H groups in total. The molecule has 2 aromatic heterocycles. The summed E-state index contributed by atoms with van der Waals surface area (Å²) in [5.41, 5.74) is 1.33. The lowest BCUT2D eigenvalue weighted by atomic mass is 10.2. The molecule has 3 heterocycles. The molecule has 1 saturated heterocycles. The number of nitrogens with zero attached hydrogens (tertiary/aromatic N) is 3. The highest BCUT2D eigenvalue weighted by Crippen LogP contribution is 2.12. The summed E-state index contributed by atoms with van der Waals surface area (Å²) in [5, 5.41) is 2.76. The molecule has 0 aromatic carbocycles. The number of pyridine rings is 2. The Balaban J connectivity index is 1.66. The number of rotatable bonds is 4. The number of likely N-dealkylation sites (tertiary alicyclic amines) is 1. The molecule has 0 saturated carbocycles. The van der Waals surface area contributed by atoms with Crippen molar-refractivity contribution in [3.05, 3.63) is 59.7 Å². The first-order valence-electron chi connectivity index (χ1n) is 7.68. The molecule has 0 bridgehead atoms. The fourth-order valence-electron chi connectivity index (χ4n) is 2.53. The minimum absolute atomic E-state index is 0.109. The average Bonchev–Trinajstić information content (AvgIpc) is 3.14. The maximum atomic E-state index is 12.3. The average molecular weight is 310 g/mol. The minimum atomic E-state index is -0.313. The van der Waals surface area contributed by atoms with Crippen molar-refractivity contribution in [2.75, 3.05) is 13.1 Å². The fraction of sp³-hybridized carbons (Fsp3) is 0.294. The van der Waals surface area contributed by atoms with E-state index in [1.165, 1.54) is 0 Å². The van der Waals surface area contributed by atoms with Crippen LogP contribution in [-0.4, -0.2) is 39.8 Å². The second-order valence-corrected chi connectivity index (χ2v) is 5.41. The van der Waals surface area contributed by atoms with Crippen LogP contribution in [0.25, 0.3) is 0 Å². The maximum absolute atomic E-state index is 12.3. The SMILES string of the molecule is O=C(NCc1ccccn1)c1cccc(C(=O)N2CCCC2)n1. The van der Waals surface area contributed by atoms with E-state index in [0.29, 0.717) is 12.2 Å². The summed E-state index contributed by atoms with van der Waals surface area (Å²) in [7, 11) is 0. The molecular weight excluding hydrogens is 292 g/mol. The highest BCUT2D eigenvalue weighted by molar-refractivity contribution is 5.96. The third-order valence-corrected chi connectivity index (χ3v) is 3.75. The van der Waals surface area contributed by atoms with Gasteiger partial charge in [0.1, 0.15) is 11.4 Å². The predicted molar refractivity (Wildman–Crippen MR) is 84.8 cm³/mol. The summed E-state index contributed by atoms with van der Waals surface area (Å²) < 4.78 is 0. The van der Waals surface area contributed by atoms with Gasteiger partial charge in [0.05, 0.1) is 12.2 Å². The zero-order valence-electron chi connectivity index (χ0n) is 12.7. The lowest BCUT2D eigenvalue weighted by molar-refractivity contribution is 0.0787. The molecule has 118 valence electrons. The molecule has 6 nitrogen and oxygen atoms in total. The summed E-state index contributed by atoms with van der Waals surface area (Å²) in [6, 6.07) is 10.5. The zero-order valence-corrected chi connectivity index (χ0v) is 12.7. The number of hydrogen-bond acceptors (Lipinski definition) is 4. The largest absolute Gasteiger partial charge is 0.345 e. The van der Waals surface area contributed by atoms with Crippen molar-refractivity contribution in [3.8, 4) is 0 Å². The molecule has 23 heavy (non-hydrogen) atoms. The summed E-state index contributed by atoms with van der Waals surface area (Å²) in [5.74, 6) is -0.423. The van der Waals surface area contributed by atoms with E-state index in [1.807, 2.05) is 18.2 Å². The standard InChI is InChI=1S/C17H18N4O2/c22-16(19-12-13-6-1-2-9-18-13)14-7-5-8-15(20-14)17(23)21-10-3-4-11-21/h1-2,5-9H,3-4,10-12H2,(H,19,22). The molecule has 0 aliphatic carbocycles. The highest BCUT2D eigenvalue weighted by Gasteiger charge is 2.21. The Labute approximate surface area is 134 Å². The van der Waals surface area contributed by atoms with Gasteiger partial charge in [0, 0.05) is 19.3 Å². The van der Waals surface area contributed by atoms with Gasteiger partial charge in [-0.15, -0.1) is 0 Å². The quantitative estimate of drug-likeness (QED) is 0.931. The van der Waals surface area contributed by atoms with Crippen LogP contribution >= 0.6 is 0 Å². The third kappa shape index (κ3) is 3.71. The van der Waals surface area contributed by atoms with Gasteiger partial charge in [-0.2, -0.15) is 0 Å². The van der Waals surface area contributed by atoms with Crippen LogP contribution in [0, 0.1) is 0 Å². The van der Waals surface area contributed by atoms with Crippen molar-refractivity contribution in [2.45, 2.75) is 19.4 Å². The van der Waals surface area contributed by atoms with Gasteiger partial charge in [-0.25, -0.2) is 4.98 Å². The van der Waals surface area contributed by atoms with Crippen LogP contribution in [0.3, 0.4) is 0 Å². The number of aromatic nitrogens is 2. The summed E-state index contributed by atoms with van der Waals surface area (Å²) in [4.78, 5) is 34.6. The van der Waals surface area contributed by atoms with E-state index in [4.69, 9.17) is 0 Å². The van der Waals surface area contributed by atoms with Crippen molar-refractivity contribution in [1.82, 2.24) is 20.2 Å².